The van der Waals surface area contributed by atoms with E-state index in [1.165, 1.54) is 31.4 Å². The summed E-state index contributed by atoms with van der Waals surface area (Å²) < 4.78 is 30.7. The lowest BCUT2D eigenvalue weighted by molar-refractivity contribution is -0.137. The maximum absolute atomic E-state index is 12.4. The Morgan fingerprint density at radius 1 is 1.50 bits per heavy atom. The first-order valence-corrected chi connectivity index (χ1v) is 7.24. The third-order valence-electron chi connectivity index (χ3n) is 2.65. The van der Waals surface area contributed by atoms with Gasteiger partial charge in [-0.1, -0.05) is 6.08 Å². The van der Waals surface area contributed by atoms with E-state index in [-0.39, 0.29) is 11.4 Å². The Morgan fingerprint density at radius 3 is 2.60 bits per heavy atom. The van der Waals surface area contributed by atoms with Crippen LogP contribution in [0.1, 0.15) is 5.56 Å². The highest BCUT2D eigenvalue weighted by Crippen LogP contribution is 2.23. The number of sulfonamides is 1. The molecule has 0 saturated carbocycles. The molecule has 0 aliphatic rings. The molecule has 0 radical (unpaired) electrons. The van der Waals surface area contributed by atoms with Crippen LogP contribution in [0.3, 0.4) is 0 Å². The molecule has 1 N–H and O–H groups in total. The number of aryl methyl sites for hydroxylation is 1. The molecule has 1 aromatic carbocycles. The molecule has 0 bridgehead atoms. The molecule has 0 aromatic heterocycles. The smallest absolute Gasteiger partial charge is 0.318 e. The molecule has 1 rings (SSSR count). The molecule has 7 heteroatoms. The van der Waals surface area contributed by atoms with E-state index in [1.807, 2.05) is 0 Å². The van der Waals surface area contributed by atoms with Gasteiger partial charge in [-0.25, -0.2) is 8.42 Å². The zero-order chi connectivity index (χ0) is 15.3. The Balaban J connectivity index is 3.21. The largest absolute Gasteiger partial charge is 0.496 e. The van der Waals surface area contributed by atoms with Gasteiger partial charge in [-0.2, -0.15) is 4.31 Å². The summed E-state index contributed by atoms with van der Waals surface area (Å²) in [5.74, 6) is -0.655. The molecule has 0 aliphatic heterocycles. The fourth-order valence-electron chi connectivity index (χ4n) is 1.70. The number of aliphatic carboxylic acids is 1. The molecular formula is C13H17NO5S. The highest BCUT2D eigenvalue weighted by atomic mass is 32.2. The Hall–Kier alpha value is -1.86. The van der Waals surface area contributed by atoms with Crippen LogP contribution >= 0.6 is 0 Å². The molecule has 6 nitrogen and oxygen atoms in total. The van der Waals surface area contributed by atoms with Crippen molar-refractivity contribution in [1.29, 1.82) is 0 Å². The van der Waals surface area contributed by atoms with Gasteiger partial charge in [0.1, 0.15) is 12.3 Å². The van der Waals surface area contributed by atoms with Crippen LogP contribution in [0.25, 0.3) is 0 Å². The molecule has 110 valence electrons. The van der Waals surface area contributed by atoms with Gasteiger partial charge in [0.05, 0.1) is 12.0 Å². The van der Waals surface area contributed by atoms with Crippen LogP contribution in [0, 0.1) is 6.92 Å². The number of hydrogen-bond donors (Lipinski definition) is 1. The van der Waals surface area contributed by atoms with Gasteiger partial charge in [0.15, 0.2) is 0 Å². The molecule has 0 spiro atoms. The predicted molar refractivity (Wildman–Crippen MR) is 74.3 cm³/mol. The van der Waals surface area contributed by atoms with E-state index in [0.29, 0.717) is 11.3 Å². The number of hydrogen-bond acceptors (Lipinski definition) is 4. The molecule has 0 aliphatic carbocycles. The van der Waals surface area contributed by atoms with Gasteiger partial charge in [0, 0.05) is 6.54 Å². The second-order valence-electron chi connectivity index (χ2n) is 4.11. The van der Waals surface area contributed by atoms with Crippen LogP contribution in [0.5, 0.6) is 5.75 Å². The van der Waals surface area contributed by atoms with Crippen molar-refractivity contribution in [2.24, 2.45) is 0 Å². The summed E-state index contributed by atoms with van der Waals surface area (Å²) in [6.45, 7) is 4.47. The van der Waals surface area contributed by atoms with E-state index < -0.39 is 22.5 Å². The highest BCUT2D eigenvalue weighted by Gasteiger charge is 2.26. The van der Waals surface area contributed by atoms with E-state index in [4.69, 9.17) is 9.84 Å². The van der Waals surface area contributed by atoms with Crippen molar-refractivity contribution in [3.05, 3.63) is 36.4 Å². The van der Waals surface area contributed by atoms with Crippen molar-refractivity contribution in [2.75, 3.05) is 20.2 Å². The van der Waals surface area contributed by atoms with Gasteiger partial charge >= 0.3 is 5.97 Å². The van der Waals surface area contributed by atoms with Gasteiger partial charge in [-0.05, 0) is 30.7 Å². The lowest BCUT2D eigenvalue weighted by Gasteiger charge is -2.19. The van der Waals surface area contributed by atoms with Crippen molar-refractivity contribution in [2.45, 2.75) is 11.8 Å². The van der Waals surface area contributed by atoms with Crippen LogP contribution in [0.4, 0.5) is 0 Å². The number of carbonyl (C=O) groups is 1. The van der Waals surface area contributed by atoms with E-state index in [2.05, 4.69) is 6.58 Å². The second-order valence-corrected chi connectivity index (χ2v) is 6.05. The lowest BCUT2D eigenvalue weighted by Crippen LogP contribution is -2.35. The molecule has 0 amide bonds. The van der Waals surface area contributed by atoms with Crippen LogP contribution in [0.15, 0.2) is 35.7 Å². The first kappa shape index (κ1) is 16.2. The van der Waals surface area contributed by atoms with Crippen molar-refractivity contribution >= 4 is 16.0 Å². The number of ether oxygens (including phenoxy) is 1. The molecule has 0 fully saturated rings. The van der Waals surface area contributed by atoms with Gasteiger partial charge in [0.25, 0.3) is 0 Å². The van der Waals surface area contributed by atoms with Gasteiger partial charge in [0.2, 0.25) is 10.0 Å². The van der Waals surface area contributed by atoms with E-state index in [1.54, 1.807) is 6.92 Å². The van der Waals surface area contributed by atoms with Crippen LogP contribution in [-0.4, -0.2) is 44.0 Å². The summed E-state index contributed by atoms with van der Waals surface area (Å²) in [5.41, 5.74) is 0.655. The summed E-state index contributed by atoms with van der Waals surface area (Å²) in [7, 11) is -2.39. The minimum Gasteiger partial charge on any atom is -0.496 e. The fourth-order valence-corrected chi connectivity index (χ4v) is 3.15. The summed E-state index contributed by atoms with van der Waals surface area (Å²) >= 11 is 0. The first-order valence-electron chi connectivity index (χ1n) is 5.80. The Bertz CT molecular complexity index is 609. The zero-order valence-corrected chi connectivity index (χ0v) is 12.2. The van der Waals surface area contributed by atoms with E-state index in [9.17, 15) is 13.2 Å². The van der Waals surface area contributed by atoms with Gasteiger partial charge in [-0.3, -0.25) is 4.79 Å². The van der Waals surface area contributed by atoms with Gasteiger partial charge < -0.3 is 9.84 Å². The molecule has 1 aromatic rings. The normalized spacial score (nSPS) is 11.3. The summed E-state index contributed by atoms with van der Waals surface area (Å²) in [6.07, 6.45) is 1.34. The molecule has 0 atom stereocenters. The Kier molecular flexibility index (Phi) is 5.29. The Labute approximate surface area is 118 Å². The average Bonchev–Trinajstić information content (AvgIpc) is 2.37. The van der Waals surface area contributed by atoms with Crippen molar-refractivity contribution in [3.63, 3.8) is 0 Å². The lowest BCUT2D eigenvalue weighted by atomic mass is 10.2. The van der Waals surface area contributed by atoms with Gasteiger partial charge in [-0.15, -0.1) is 6.58 Å². The number of carboxylic acid groups (broad SMARTS) is 1. The quantitative estimate of drug-likeness (QED) is 0.766. The minimum absolute atomic E-state index is 0.0268. The maximum Gasteiger partial charge on any atom is 0.318 e. The first-order chi connectivity index (χ1) is 9.32. The third-order valence-corrected chi connectivity index (χ3v) is 4.46. The van der Waals surface area contributed by atoms with Crippen molar-refractivity contribution in [1.82, 2.24) is 4.31 Å². The highest BCUT2D eigenvalue weighted by molar-refractivity contribution is 7.89. The van der Waals surface area contributed by atoms with E-state index in [0.717, 1.165) is 4.31 Å². The van der Waals surface area contributed by atoms with Crippen molar-refractivity contribution < 1.29 is 23.1 Å². The Morgan fingerprint density at radius 2 is 2.15 bits per heavy atom. The number of benzene rings is 1. The molecule has 0 heterocycles. The monoisotopic (exact) mass is 299 g/mol. The van der Waals surface area contributed by atoms with Crippen molar-refractivity contribution in [3.8, 4) is 5.75 Å². The second kappa shape index (κ2) is 6.53. The number of nitrogens with zero attached hydrogens (tertiary/aromatic N) is 1. The molecule has 0 saturated heterocycles. The molecular weight excluding hydrogens is 282 g/mol. The average molecular weight is 299 g/mol. The fraction of sp³-hybridized carbons (Fsp3) is 0.308. The number of rotatable bonds is 7. The molecule has 20 heavy (non-hydrogen) atoms. The molecule has 0 unspecified atom stereocenters. The SMILES string of the molecule is C=CCN(CC(=O)O)S(=O)(=O)c1ccc(OC)c(C)c1. The van der Waals surface area contributed by atoms with E-state index >= 15 is 0 Å². The maximum atomic E-state index is 12.4. The number of methoxy groups -OCH3 is 1. The predicted octanol–water partition coefficient (Wildman–Crippen LogP) is 1.26. The van der Waals surface area contributed by atoms with Crippen LogP contribution in [-0.2, 0) is 14.8 Å². The third kappa shape index (κ3) is 3.58. The minimum atomic E-state index is -3.88. The zero-order valence-electron chi connectivity index (χ0n) is 11.4. The standard InChI is InChI=1S/C13H17NO5S/c1-4-7-14(9-13(15)16)20(17,18)11-5-6-12(19-3)10(2)8-11/h4-6,8H,1,7,9H2,2-3H3,(H,15,16). The summed E-state index contributed by atoms with van der Waals surface area (Å²) in [6, 6.07) is 4.38. The van der Waals surface area contributed by atoms with Crippen LogP contribution in [0.2, 0.25) is 0 Å². The topological polar surface area (TPSA) is 83.9 Å². The summed E-state index contributed by atoms with van der Waals surface area (Å²) in [5, 5.41) is 8.80. The number of carboxylic acids is 1. The summed E-state index contributed by atoms with van der Waals surface area (Å²) in [4.78, 5) is 10.8. The van der Waals surface area contributed by atoms with Crippen LogP contribution < -0.4 is 4.74 Å².